The Labute approximate surface area is 307 Å². The number of esters is 1. The molecule has 284 valence electrons. The van der Waals surface area contributed by atoms with Gasteiger partial charge in [0.05, 0.1) is 0 Å². The third-order valence-electron chi connectivity index (χ3n) is 8.14. The number of amides is 3. The van der Waals surface area contributed by atoms with E-state index in [1.54, 1.807) is 46.4 Å². The van der Waals surface area contributed by atoms with Crippen LogP contribution in [-0.2, 0) is 30.3 Å². The molecule has 0 aliphatic carbocycles. The minimum absolute atomic E-state index is 0.0562. The Morgan fingerprint density at radius 2 is 1.31 bits per heavy atom. The van der Waals surface area contributed by atoms with Gasteiger partial charge in [0.25, 0.3) is 0 Å². The standard InChI is InChI=1S/C42H65N3O6/c1-12-13-14-15-16-20-23-45(38(47)34(24-29(2)3)44-40(49)51-42(9,10)11)36(33-26-30(4)25-31(5)27-33)37(46)43-35(39(48)50-41(6,7)8)28-32-21-18-17-19-22-32/h17-19,21-22,25-27,29,34-36H,12-16,20,23-24,28H2,1-11H3,(H,43,46)(H,44,49). The van der Waals surface area contributed by atoms with Crippen LogP contribution in [0.2, 0.25) is 0 Å². The molecule has 3 amide bonds. The van der Waals surface area contributed by atoms with E-state index < -0.39 is 47.3 Å². The van der Waals surface area contributed by atoms with Crippen molar-refractivity contribution in [2.45, 2.75) is 157 Å². The summed E-state index contributed by atoms with van der Waals surface area (Å²) < 4.78 is 11.3. The molecule has 0 radical (unpaired) electrons. The topological polar surface area (TPSA) is 114 Å². The number of nitrogens with one attached hydrogen (secondary N) is 2. The molecule has 2 aromatic carbocycles. The van der Waals surface area contributed by atoms with Crippen LogP contribution < -0.4 is 10.6 Å². The highest BCUT2D eigenvalue weighted by Crippen LogP contribution is 2.27. The highest BCUT2D eigenvalue weighted by molar-refractivity contribution is 5.94. The summed E-state index contributed by atoms with van der Waals surface area (Å²) in [5, 5.41) is 5.84. The van der Waals surface area contributed by atoms with Crippen LogP contribution in [0.3, 0.4) is 0 Å². The summed E-state index contributed by atoms with van der Waals surface area (Å²) >= 11 is 0. The molecule has 2 aromatic rings. The third kappa shape index (κ3) is 16.3. The van der Waals surface area contributed by atoms with E-state index in [1.165, 1.54) is 0 Å². The van der Waals surface area contributed by atoms with Crippen molar-refractivity contribution in [2.24, 2.45) is 5.92 Å². The zero-order valence-corrected chi connectivity index (χ0v) is 33.2. The largest absolute Gasteiger partial charge is 0.458 e. The molecule has 51 heavy (non-hydrogen) atoms. The molecule has 0 heterocycles. The number of rotatable bonds is 18. The number of hydrogen-bond donors (Lipinski definition) is 2. The van der Waals surface area contributed by atoms with Gasteiger partial charge in [0.1, 0.15) is 29.3 Å². The highest BCUT2D eigenvalue weighted by atomic mass is 16.6. The van der Waals surface area contributed by atoms with E-state index in [2.05, 4.69) is 17.6 Å². The molecule has 2 N–H and O–H groups in total. The third-order valence-corrected chi connectivity index (χ3v) is 8.14. The average Bonchev–Trinajstić information content (AvgIpc) is 2.99. The zero-order valence-electron chi connectivity index (χ0n) is 33.2. The molecule has 9 heteroatoms. The Morgan fingerprint density at radius 1 is 0.745 bits per heavy atom. The Balaban J connectivity index is 2.67. The number of hydrogen-bond acceptors (Lipinski definition) is 6. The molecular formula is C42H65N3O6. The van der Waals surface area contributed by atoms with Gasteiger partial charge in [0.15, 0.2) is 0 Å². The lowest BCUT2D eigenvalue weighted by Gasteiger charge is -2.36. The second-order valence-corrected chi connectivity index (χ2v) is 16.2. The van der Waals surface area contributed by atoms with Crippen LogP contribution in [0.15, 0.2) is 48.5 Å². The molecule has 0 fully saturated rings. The van der Waals surface area contributed by atoms with Crippen molar-refractivity contribution >= 4 is 23.9 Å². The summed E-state index contributed by atoms with van der Waals surface area (Å²) in [6.45, 7) is 21.0. The van der Waals surface area contributed by atoms with Crippen molar-refractivity contribution < 1.29 is 28.7 Å². The van der Waals surface area contributed by atoms with Crippen LogP contribution in [0.5, 0.6) is 0 Å². The quantitative estimate of drug-likeness (QED) is 0.119. The molecule has 0 aromatic heterocycles. The average molecular weight is 708 g/mol. The van der Waals surface area contributed by atoms with E-state index in [1.807, 2.05) is 76.2 Å². The Morgan fingerprint density at radius 3 is 1.86 bits per heavy atom. The lowest BCUT2D eigenvalue weighted by atomic mass is 9.96. The molecule has 0 bridgehead atoms. The molecule has 9 nitrogen and oxygen atoms in total. The van der Waals surface area contributed by atoms with E-state index in [0.29, 0.717) is 18.4 Å². The summed E-state index contributed by atoms with van der Waals surface area (Å²) in [6, 6.07) is 12.3. The van der Waals surface area contributed by atoms with E-state index >= 15 is 0 Å². The first-order valence-electron chi connectivity index (χ1n) is 18.7. The second kappa shape index (κ2) is 20.2. The minimum atomic E-state index is -1.08. The fraction of sp³-hybridized carbons (Fsp3) is 0.619. The Kier molecular flexibility index (Phi) is 17.2. The van der Waals surface area contributed by atoms with Crippen LogP contribution >= 0.6 is 0 Å². The first-order valence-corrected chi connectivity index (χ1v) is 18.7. The molecule has 3 unspecified atom stereocenters. The fourth-order valence-corrected chi connectivity index (χ4v) is 6.08. The maximum atomic E-state index is 14.8. The van der Waals surface area contributed by atoms with Crippen molar-refractivity contribution in [2.75, 3.05) is 6.54 Å². The SMILES string of the molecule is CCCCCCCCN(C(=O)C(CC(C)C)NC(=O)OC(C)(C)C)C(C(=O)NC(Cc1ccccc1)C(=O)OC(C)(C)C)c1cc(C)cc(C)c1. The predicted molar refractivity (Wildman–Crippen MR) is 204 cm³/mol. The summed E-state index contributed by atoms with van der Waals surface area (Å²) in [6.07, 6.45) is 5.79. The van der Waals surface area contributed by atoms with Gasteiger partial charge in [-0.1, -0.05) is 113 Å². The van der Waals surface area contributed by atoms with Crippen LogP contribution in [-0.4, -0.2) is 58.6 Å². The number of aryl methyl sites for hydroxylation is 2. The molecular weight excluding hydrogens is 642 g/mol. The summed E-state index contributed by atoms with van der Waals surface area (Å²) in [4.78, 5) is 57.9. The molecule has 0 aliphatic rings. The van der Waals surface area contributed by atoms with E-state index in [0.717, 1.165) is 48.8 Å². The van der Waals surface area contributed by atoms with Crippen molar-refractivity contribution in [3.63, 3.8) is 0 Å². The van der Waals surface area contributed by atoms with Crippen molar-refractivity contribution in [1.29, 1.82) is 0 Å². The monoisotopic (exact) mass is 707 g/mol. The predicted octanol–water partition coefficient (Wildman–Crippen LogP) is 8.54. The first-order chi connectivity index (χ1) is 23.8. The van der Waals surface area contributed by atoms with Gasteiger partial charge in [-0.05, 0) is 85.3 Å². The zero-order chi connectivity index (χ0) is 38.4. The van der Waals surface area contributed by atoms with Gasteiger partial charge in [-0.2, -0.15) is 0 Å². The van der Waals surface area contributed by atoms with E-state index in [9.17, 15) is 19.2 Å². The first kappa shape index (κ1) is 43.3. The number of nitrogens with zero attached hydrogens (tertiary/aromatic N) is 1. The smallest absolute Gasteiger partial charge is 0.408 e. The van der Waals surface area contributed by atoms with Crippen LogP contribution in [0.25, 0.3) is 0 Å². The van der Waals surface area contributed by atoms with E-state index in [-0.39, 0.29) is 24.8 Å². The Hall–Kier alpha value is -3.88. The van der Waals surface area contributed by atoms with Crippen LogP contribution in [0.4, 0.5) is 4.79 Å². The van der Waals surface area contributed by atoms with Gasteiger partial charge < -0.3 is 25.0 Å². The number of ether oxygens (including phenoxy) is 2. The second-order valence-electron chi connectivity index (χ2n) is 16.2. The molecule has 0 saturated carbocycles. The van der Waals surface area contributed by atoms with Crippen molar-refractivity contribution in [3.05, 3.63) is 70.8 Å². The van der Waals surface area contributed by atoms with Gasteiger partial charge in [0, 0.05) is 13.0 Å². The molecule has 0 saturated heterocycles. The van der Waals surface area contributed by atoms with Gasteiger partial charge in [-0.15, -0.1) is 0 Å². The lowest BCUT2D eigenvalue weighted by molar-refractivity contribution is -0.159. The summed E-state index contributed by atoms with van der Waals surface area (Å²) in [5.74, 6) is -1.37. The van der Waals surface area contributed by atoms with Gasteiger partial charge in [-0.3, -0.25) is 9.59 Å². The Bertz CT molecular complexity index is 1390. The normalized spacial score (nSPS) is 13.6. The highest BCUT2D eigenvalue weighted by Gasteiger charge is 2.38. The van der Waals surface area contributed by atoms with E-state index in [4.69, 9.17) is 9.47 Å². The molecule has 2 rings (SSSR count). The summed E-state index contributed by atoms with van der Waals surface area (Å²) in [5.41, 5.74) is 1.83. The number of unbranched alkanes of at least 4 members (excludes halogenated alkanes) is 5. The number of benzene rings is 2. The number of alkyl carbamates (subject to hydrolysis) is 1. The van der Waals surface area contributed by atoms with Crippen LogP contribution in [0, 0.1) is 19.8 Å². The van der Waals surface area contributed by atoms with Crippen LogP contribution in [0.1, 0.15) is 136 Å². The number of carbonyl (C=O) groups excluding carboxylic acids is 4. The molecule has 0 aliphatic heterocycles. The minimum Gasteiger partial charge on any atom is -0.458 e. The van der Waals surface area contributed by atoms with Crippen molar-refractivity contribution in [3.8, 4) is 0 Å². The molecule has 3 atom stereocenters. The maximum absolute atomic E-state index is 14.8. The van der Waals surface area contributed by atoms with Gasteiger partial charge >= 0.3 is 12.1 Å². The summed E-state index contributed by atoms with van der Waals surface area (Å²) in [7, 11) is 0. The van der Waals surface area contributed by atoms with Gasteiger partial charge in [0.2, 0.25) is 11.8 Å². The lowest BCUT2D eigenvalue weighted by Crippen LogP contribution is -2.55. The van der Waals surface area contributed by atoms with Crippen molar-refractivity contribution in [1.82, 2.24) is 15.5 Å². The number of carbonyl (C=O) groups is 4. The molecule has 0 spiro atoms. The van der Waals surface area contributed by atoms with Gasteiger partial charge in [-0.25, -0.2) is 9.59 Å². The fourth-order valence-electron chi connectivity index (χ4n) is 6.08. The maximum Gasteiger partial charge on any atom is 0.408 e.